The van der Waals surface area contributed by atoms with Crippen molar-refractivity contribution in [3.8, 4) is 11.3 Å². The highest BCUT2D eigenvalue weighted by atomic mass is 16.3. The minimum Gasteiger partial charge on any atom is -0.464 e. The number of nitrogens with one attached hydrogen (secondary N) is 1. The molecule has 122 valence electrons. The van der Waals surface area contributed by atoms with E-state index in [0.717, 1.165) is 29.7 Å². The van der Waals surface area contributed by atoms with Crippen LogP contribution in [0.4, 0.5) is 0 Å². The number of furan rings is 1. The van der Waals surface area contributed by atoms with Crippen LogP contribution in [0.1, 0.15) is 39.6 Å². The standard InChI is InChI=1S/C20H20N2O2/c1-13-12-22(2)19(18(13)17-8-5-11-24-17)20(23)21-16-10-9-14-6-3-4-7-15(14)16/h3-8,11-12,16H,9-10H2,1-2H3,(H,21,23). The second-order valence-corrected chi connectivity index (χ2v) is 6.39. The number of rotatable bonds is 3. The summed E-state index contributed by atoms with van der Waals surface area (Å²) in [5, 5.41) is 3.21. The fourth-order valence-corrected chi connectivity index (χ4v) is 3.72. The maximum absolute atomic E-state index is 13.0. The zero-order valence-corrected chi connectivity index (χ0v) is 13.9. The van der Waals surface area contributed by atoms with Gasteiger partial charge in [-0.05, 0) is 48.6 Å². The Labute approximate surface area is 141 Å². The van der Waals surface area contributed by atoms with E-state index in [9.17, 15) is 4.79 Å². The summed E-state index contributed by atoms with van der Waals surface area (Å²) in [5.74, 6) is 0.670. The van der Waals surface area contributed by atoms with E-state index >= 15 is 0 Å². The van der Waals surface area contributed by atoms with Crippen molar-refractivity contribution in [3.63, 3.8) is 0 Å². The summed E-state index contributed by atoms with van der Waals surface area (Å²) < 4.78 is 7.42. The van der Waals surface area contributed by atoms with Crippen LogP contribution in [0.5, 0.6) is 0 Å². The lowest BCUT2D eigenvalue weighted by Gasteiger charge is -2.15. The summed E-state index contributed by atoms with van der Waals surface area (Å²) in [4.78, 5) is 13.0. The maximum atomic E-state index is 13.0. The molecule has 4 rings (SSSR count). The molecule has 1 atom stereocenters. The maximum Gasteiger partial charge on any atom is 0.269 e. The molecular formula is C20H20N2O2. The van der Waals surface area contributed by atoms with Gasteiger partial charge in [0, 0.05) is 13.2 Å². The van der Waals surface area contributed by atoms with Gasteiger partial charge in [0.25, 0.3) is 5.91 Å². The van der Waals surface area contributed by atoms with Gasteiger partial charge in [-0.15, -0.1) is 0 Å². The first-order valence-corrected chi connectivity index (χ1v) is 8.23. The predicted molar refractivity (Wildman–Crippen MR) is 92.8 cm³/mol. The molecule has 1 aliphatic carbocycles. The van der Waals surface area contributed by atoms with Gasteiger partial charge in [0.05, 0.1) is 17.9 Å². The van der Waals surface area contributed by atoms with Crippen LogP contribution >= 0.6 is 0 Å². The van der Waals surface area contributed by atoms with Crippen LogP contribution in [0.3, 0.4) is 0 Å². The first kappa shape index (κ1) is 14.8. The summed E-state index contributed by atoms with van der Waals surface area (Å²) in [5.41, 5.74) is 5.11. The Morgan fingerprint density at radius 3 is 2.88 bits per heavy atom. The van der Waals surface area contributed by atoms with Gasteiger partial charge >= 0.3 is 0 Å². The number of aromatic nitrogens is 1. The molecule has 1 N–H and O–H groups in total. The van der Waals surface area contributed by atoms with Crippen LogP contribution in [-0.4, -0.2) is 10.5 Å². The van der Waals surface area contributed by atoms with E-state index in [1.54, 1.807) is 6.26 Å². The van der Waals surface area contributed by atoms with E-state index < -0.39 is 0 Å². The van der Waals surface area contributed by atoms with Gasteiger partial charge in [0.2, 0.25) is 0 Å². The zero-order chi connectivity index (χ0) is 16.7. The Balaban J connectivity index is 1.67. The first-order valence-electron chi connectivity index (χ1n) is 8.23. The Bertz CT molecular complexity index is 891. The molecule has 4 heteroatoms. The Kier molecular flexibility index (Phi) is 3.53. The molecule has 0 spiro atoms. The van der Waals surface area contributed by atoms with Gasteiger partial charge in [-0.1, -0.05) is 24.3 Å². The number of fused-ring (bicyclic) bond motifs is 1. The van der Waals surface area contributed by atoms with Crippen molar-refractivity contribution < 1.29 is 9.21 Å². The molecule has 4 nitrogen and oxygen atoms in total. The molecule has 0 bridgehead atoms. The Hall–Kier alpha value is -2.75. The van der Waals surface area contributed by atoms with Crippen molar-refractivity contribution >= 4 is 5.91 Å². The van der Waals surface area contributed by atoms with Crippen LogP contribution < -0.4 is 5.32 Å². The van der Waals surface area contributed by atoms with Crippen molar-refractivity contribution in [2.75, 3.05) is 0 Å². The van der Waals surface area contributed by atoms with Gasteiger partial charge in [-0.2, -0.15) is 0 Å². The van der Waals surface area contributed by atoms with E-state index in [4.69, 9.17) is 4.42 Å². The molecule has 3 aromatic rings. The fourth-order valence-electron chi connectivity index (χ4n) is 3.72. The van der Waals surface area contributed by atoms with Gasteiger partial charge in [0.1, 0.15) is 11.5 Å². The summed E-state index contributed by atoms with van der Waals surface area (Å²) in [6.45, 7) is 2.00. The fraction of sp³-hybridized carbons (Fsp3) is 0.250. The second-order valence-electron chi connectivity index (χ2n) is 6.39. The number of amides is 1. The lowest BCUT2D eigenvalue weighted by molar-refractivity contribution is 0.0929. The third-order valence-corrected chi connectivity index (χ3v) is 4.79. The number of hydrogen-bond donors (Lipinski definition) is 1. The number of nitrogens with zero attached hydrogens (tertiary/aromatic N) is 1. The number of carbonyl (C=O) groups is 1. The highest BCUT2D eigenvalue weighted by molar-refractivity contribution is 6.00. The molecule has 0 aliphatic heterocycles. The summed E-state index contributed by atoms with van der Waals surface area (Å²) in [6, 6.07) is 12.1. The number of carbonyl (C=O) groups excluding carboxylic acids is 1. The van der Waals surface area contributed by atoms with Crippen molar-refractivity contribution in [2.45, 2.75) is 25.8 Å². The molecule has 1 amide bonds. The van der Waals surface area contributed by atoms with Crippen LogP contribution in [0.25, 0.3) is 11.3 Å². The number of benzene rings is 1. The predicted octanol–water partition coefficient (Wildman–Crippen LogP) is 4.01. The van der Waals surface area contributed by atoms with E-state index in [1.165, 1.54) is 11.1 Å². The van der Waals surface area contributed by atoms with Crippen LogP contribution in [-0.2, 0) is 13.5 Å². The molecule has 0 radical (unpaired) electrons. The van der Waals surface area contributed by atoms with Gasteiger partial charge in [0.15, 0.2) is 0 Å². The minimum atomic E-state index is -0.0568. The topological polar surface area (TPSA) is 47.2 Å². The molecule has 0 fully saturated rings. The second kappa shape index (κ2) is 5.71. The monoisotopic (exact) mass is 320 g/mol. The van der Waals surface area contributed by atoms with Gasteiger partial charge in [-0.3, -0.25) is 4.79 Å². The quantitative estimate of drug-likeness (QED) is 0.792. The Morgan fingerprint density at radius 1 is 1.25 bits per heavy atom. The minimum absolute atomic E-state index is 0.0568. The third-order valence-electron chi connectivity index (χ3n) is 4.79. The molecule has 1 aliphatic rings. The van der Waals surface area contributed by atoms with Gasteiger partial charge in [-0.25, -0.2) is 0 Å². The average molecular weight is 320 g/mol. The molecule has 0 saturated carbocycles. The lowest BCUT2D eigenvalue weighted by atomic mass is 10.1. The summed E-state index contributed by atoms with van der Waals surface area (Å²) >= 11 is 0. The smallest absolute Gasteiger partial charge is 0.269 e. The first-order chi connectivity index (χ1) is 11.6. The number of hydrogen-bond acceptors (Lipinski definition) is 2. The average Bonchev–Trinajstić information content (AvgIpc) is 3.27. The van der Waals surface area contributed by atoms with Crippen LogP contribution in [0.2, 0.25) is 0 Å². The highest BCUT2D eigenvalue weighted by Gasteiger charge is 2.27. The highest BCUT2D eigenvalue weighted by Crippen LogP contribution is 2.33. The molecule has 2 heterocycles. The summed E-state index contributed by atoms with van der Waals surface area (Å²) in [6.07, 6.45) is 5.56. The Morgan fingerprint density at radius 2 is 2.08 bits per heavy atom. The van der Waals surface area contributed by atoms with Crippen molar-refractivity contribution in [1.82, 2.24) is 9.88 Å². The molecule has 24 heavy (non-hydrogen) atoms. The largest absolute Gasteiger partial charge is 0.464 e. The van der Waals surface area contributed by atoms with Crippen molar-refractivity contribution in [3.05, 3.63) is 71.2 Å². The van der Waals surface area contributed by atoms with Gasteiger partial charge < -0.3 is 14.3 Å². The zero-order valence-electron chi connectivity index (χ0n) is 13.9. The molecular weight excluding hydrogens is 300 g/mol. The lowest BCUT2D eigenvalue weighted by Crippen LogP contribution is -2.29. The van der Waals surface area contributed by atoms with Crippen LogP contribution in [0.15, 0.2) is 53.3 Å². The molecule has 2 aromatic heterocycles. The molecule has 1 aromatic carbocycles. The van der Waals surface area contributed by atoms with E-state index in [0.29, 0.717) is 5.69 Å². The summed E-state index contributed by atoms with van der Waals surface area (Å²) in [7, 11) is 1.90. The van der Waals surface area contributed by atoms with Crippen molar-refractivity contribution in [2.24, 2.45) is 7.05 Å². The van der Waals surface area contributed by atoms with E-state index in [1.807, 2.05) is 42.9 Å². The number of aryl methyl sites for hydroxylation is 3. The SMILES string of the molecule is Cc1cn(C)c(C(=O)NC2CCc3ccccc32)c1-c1ccco1. The van der Waals surface area contributed by atoms with E-state index in [-0.39, 0.29) is 11.9 Å². The molecule has 1 unspecified atom stereocenters. The van der Waals surface area contributed by atoms with Crippen molar-refractivity contribution in [1.29, 1.82) is 0 Å². The van der Waals surface area contributed by atoms with E-state index in [2.05, 4.69) is 23.5 Å². The normalized spacial score (nSPS) is 16.2. The van der Waals surface area contributed by atoms with Crippen LogP contribution in [0, 0.1) is 6.92 Å². The third kappa shape index (κ3) is 2.35. The molecule has 0 saturated heterocycles.